The number of aliphatic hydroxyl groups excluding tert-OH is 2. The first-order chi connectivity index (χ1) is 10.3. The summed E-state index contributed by atoms with van der Waals surface area (Å²) >= 11 is 6.17. The lowest BCUT2D eigenvalue weighted by Gasteiger charge is -2.25. The van der Waals surface area contributed by atoms with Crippen LogP contribution in [0.5, 0.6) is 0 Å². The van der Waals surface area contributed by atoms with Gasteiger partial charge in [0.05, 0.1) is 12.8 Å². The number of hydrogen-bond acceptors (Lipinski definition) is 6. The molecule has 2 rings (SSSR count). The predicted molar refractivity (Wildman–Crippen MR) is 72.2 cm³/mol. The van der Waals surface area contributed by atoms with Crippen molar-refractivity contribution in [3.63, 3.8) is 0 Å². The van der Waals surface area contributed by atoms with E-state index in [-0.39, 0.29) is 0 Å². The van der Waals surface area contributed by atoms with Crippen molar-refractivity contribution in [2.75, 3.05) is 19.0 Å². The summed E-state index contributed by atoms with van der Waals surface area (Å²) in [7, 11) is 0. The smallest absolute Gasteiger partial charge is 0.351 e. The lowest BCUT2D eigenvalue weighted by molar-refractivity contribution is -0.0467. The standard InChI is InChI=1S/C12H12ClF2N3O4/c13-12(2-1-3-14)8(20)7(5-19)22-10(12)18-4-6(15)9(16)17-11(18)21/h4,7-8,10,19-20H,3,5H2,(H2,16,17,21)/t7-,8+,10-,12?/m1/s1. The molecule has 0 spiro atoms. The Kier molecular flexibility index (Phi) is 4.67. The predicted octanol–water partition coefficient (Wildman–Crippen LogP) is -0.834. The summed E-state index contributed by atoms with van der Waals surface area (Å²) in [6.45, 7) is -1.69. The van der Waals surface area contributed by atoms with Crippen LogP contribution in [0.3, 0.4) is 0 Å². The highest BCUT2D eigenvalue weighted by molar-refractivity contribution is 6.27. The number of nitrogen functional groups attached to an aromatic ring is 1. The Morgan fingerprint density at radius 1 is 1.64 bits per heavy atom. The van der Waals surface area contributed by atoms with E-state index in [1.807, 2.05) is 5.92 Å². The van der Waals surface area contributed by atoms with Crippen molar-refractivity contribution in [2.45, 2.75) is 23.3 Å². The molecule has 4 N–H and O–H groups in total. The minimum Gasteiger partial charge on any atom is -0.394 e. The highest BCUT2D eigenvalue weighted by Crippen LogP contribution is 2.42. The number of ether oxygens (including phenoxy) is 1. The van der Waals surface area contributed by atoms with E-state index in [9.17, 15) is 18.7 Å². The number of nitrogens with two attached hydrogens (primary N) is 1. The van der Waals surface area contributed by atoms with Crippen LogP contribution in [0, 0.1) is 17.7 Å². The van der Waals surface area contributed by atoms with Crippen LogP contribution in [-0.2, 0) is 4.74 Å². The number of nitrogens with zero attached hydrogens (tertiary/aromatic N) is 2. The molecule has 2 heterocycles. The number of alkyl halides is 2. The Balaban J connectivity index is 2.56. The maximum absolute atomic E-state index is 13.5. The van der Waals surface area contributed by atoms with Gasteiger partial charge >= 0.3 is 5.69 Å². The van der Waals surface area contributed by atoms with Gasteiger partial charge in [-0.25, -0.2) is 13.6 Å². The molecule has 1 aromatic heterocycles. The average molecular weight is 336 g/mol. The first-order valence-electron chi connectivity index (χ1n) is 6.08. The molecular weight excluding hydrogens is 324 g/mol. The second-order valence-electron chi connectivity index (χ2n) is 4.52. The molecule has 1 aromatic rings. The zero-order chi connectivity index (χ0) is 16.5. The Bertz CT molecular complexity index is 689. The SMILES string of the molecule is Nc1nc(=O)n([C@@H]2O[C@H](CO)[C@H](O)C2(Cl)C#CCF)cc1F. The third kappa shape index (κ3) is 2.66. The number of halogens is 3. The van der Waals surface area contributed by atoms with E-state index in [1.165, 1.54) is 0 Å². The normalized spacial score (nSPS) is 30.9. The molecule has 22 heavy (non-hydrogen) atoms. The molecule has 7 nitrogen and oxygen atoms in total. The number of aromatic nitrogens is 2. The van der Waals surface area contributed by atoms with Gasteiger partial charge in [0.25, 0.3) is 0 Å². The van der Waals surface area contributed by atoms with Crippen LogP contribution < -0.4 is 11.4 Å². The van der Waals surface area contributed by atoms with Crippen LogP contribution in [0.15, 0.2) is 11.0 Å². The molecule has 1 aliphatic heterocycles. The summed E-state index contributed by atoms with van der Waals surface area (Å²) < 4.78 is 31.7. The summed E-state index contributed by atoms with van der Waals surface area (Å²) in [6.07, 6.45) is -3.54. The van der Waals surface area contributed by atoms with Gasteiger partial charge in [-0.3, -0.25) is 4.57 Å². The maximum Gasteiger partial charge on any atom is 0.351 e. The van der Waals surface area contributed by atoms with E-state index in [2.05, 4.69) is 10.9 Å². The average Bonchev–Trinajstić information content (AvgIpc) is 2.73. The van der Waals surface area contributed by atoms with Crippen LogP contribution in [0.4, 0.5) is 14.6 Å². The van der Waals surface area contributed by atoms with Crippen LogP contribution >= 0.6 is 11.6 Å². The monoisotopic (exact) mass is 335 g/mol. The van der Waals surface area contributed by atoms with Crippen molar-refractivity contribution >= 4 is 17.4 Å². The van der Waals surface area contributed by atoms with Crippen LogP contribution in [0.1, 0.15) is 6.23 Å². The minimum atomic E-state index is -1.96. The van der Waals surface area contributed by atoms with Crippen molar-refractivity contribution in [1.82, 2.24) is 9.55 Å². The number of aliphatic hydroxyl groups is 2. The Morgan fingerprint density at radius 3 is 2.91 bits per heavy atom. The van der Waals surface area contributed by atoms with E-state index in [0.29, 0.717) is 10.8 Å². The summed E-state index contributed by atoms with van der Waals surface area (Å²) in [5.74, 6) is 2.64. The molecule has 0 bridgehead atoms. The maximum atomic E-state index is 13.5. The first kappa shape index (κ1) is 16.6. The number of hydrogen-bond donors (Lipinski definition) is 3. The summed E-state index contributed by atoms with van der Waals surface area (Å²) in [6, 6.07) is 0. The van der Waals surface area contributed by atoms with E-state index in [1.54, 1.807) is 0 Å². The first-order valence-corrected chi connectivity index (χ1v) is 6.46. The number of rotatable bonds is 2. The Labute approximate surface area is 128 Å². The molecule has 1 saturated heterocycles. The van der Waals surface area contributed by atoms with Crippen LogP contribution in [-0.4, -0.2) is 50.1 Å². The third-order valence-corrected chi connectivity index (χ3v) is 3.66. The van der Waals surface area contributed by atoms with Gasteiger partial charge in [-0.05, 0) is 0 Å². The van der Waals surface area contributed by atoms with E-state index in [0.717, 1.165) is 0 Å². The molecule has 120 valence electrons. The molecule has 4 atom stereocenters. The van der Waals surface area contributed by atoms with Gasteiger partial charge in [-0.1, -0.05) is 23.4 Å². The van der Waals surface area contributed by atoms with Crippen molar-refractivity contribution in [3.8, 4) is 11.8 Å². The third-order valence-electron chi connectivity index (χ3n) is 3.16. The molecule has 10 heteroatoms. The summed E-state index contributed by atoms with van der Waals surface area (Å²) in [5, 5.41) is 19.2. The van der Waals surface area contributed by atoms with Crippen molar-refractivity contribution in [2.24, 2.45) is 0 Å². The zero-order valence-corrected chi connectivity index (χ0v) is 11.8. The lowest BCUT2D eigenvalue weighted by Crippen LogP contribution is -2.43. The van der Waals surface area contributed by atoms with Crippen LogP contribution in [0.25, 0.3) is 0 Å². The summed E-state index contributed by atoms with van der Waals surface area (Å²) in [4.78, 5) is 13.1. The van der Waals surface area contributed by atoms with Crippen molar-refractivity contribution in [3.05, 3.63) is 22.5 Å². The molecule has 0 radical (unpaired) electrons. The molecular formula is C12H12ClF2N3O4. The molecule has 1 aliphatic rings. The van der Waals surface area contributed by atoms with E-state index < -0.39 is 53.9 Å². The van der Waals surface area contributed by atoms with Crippen molar-refractivity contribution < 1.29 is 23.7 Å². The van der Waals surface area contributed by atoms with Gasteiger partial charge in [0, 0.05) is 0 Å². The largest absolute Gasteiger partial charge is 0.394 e. The molecule has 1 unspecified atom stereocenters. The quantitative estimate of drug-likeness (QED) is 0.480. The van der Waals surface area contributed by atoms with E-state index >= 15 is 0 Å². The Morgan fingerprint density at radius 2 is 2.32 bits per heavy atom. The molecule has 0 aliphatic carbocycles. The lowest BCUT2D eigenvalue weighted by atomic mass is 9.99. The van der Waals surface area contributed by atoms with Gasteiger partial charge in [-0.2, -0.15) is 4.98 Å². The second-order valence-corrected chi connectivity index (χ2v) is 5.15. The second kappa shape index (κ2) is 6.18. The fraction of sp³-hybridized carbons (Fsp3) is 0.500. The minimum absolute atomic E-state index is 0.617. The van der Waals surface area contributed by atoms with Gasteiger partial charge < -0.3 is 20.7 Å². The zero-order valence-electron chi connectivity index (χ0n) is 11.0. The van der Waals surface area contributed by atoms with Gasteiger partial charge in [-0.15, -0.1) is 0 Å². The van der Waals surface area contributed by atoms with Gasteiger partial charge in [0.1, 0.15) is 18.9 Å². The van der Waals surface area contributed by atoms with E-state index in [4.69, 9.17) is 27.2 Å². The fourth-order valence-corrected chi connectivity index (χ4v) is 2.46. The molecule has 0 aromatic carbocycles. The molecule has 0 saturated carbocycles. The van der Waals surface area contributed by atoms with Crippen molar-refractivity contribution in [1.29, 1.82) is 0 Å². The highest BCUT2D eigenvalue weighted by Gasteiger charge is 2.56. The molecule has 1 fully saturated rings. The van der Waals surface area contributed by atoms with Crippen LogP contribution in [0.2, 0.25) is 0 Å². The summed E-state index contributed by atoms with van der Waals surface area (Å²) in [5.41, 5.74) is 4.18. The number of anilines is 1. The Hall–Kier alpha value is -1.73. The molecule has 0 amide bonds. The fourth-order valence-electron chi connectivity index (χ4n) is 2.10. The highest BCUT2D eigenvalue weighted by atomic mass is 35.5. The topological polar surface area (TPSA) is 111 Å². The van der Waals surface area contributed by atoms with Gasteiger partial charge in [0.2, 0.25) is 0 Å². The van der Waals surface area contributed by atoms with Gasteiger partial charge in [0.15, 0.2) is 22.7 Å².